The second kappa shape index (κ2) is 13.3. The summed E-state index contributed by atoms with van der Waals surface area (Å²) in [6.07, 6.45) is 0.894. The molecule has 6 nitrogen and oxygen atoms in total. The van der Waals surface area contributed by atoms with E-state index in [1.807, 2.05) is 37.3 Å². The van der Waals surface area contributed by atoms with Gasteiger partial charge in [0, 0.05) is 32.5 Å². The zero-order chi connectivity index (χ0) is 15.3. The van der Waals surface area contributed by atoms with Gasteiger partial charge in [-0.15, -0.1) is 24.0 Å². The fourth-order valence-electron chi connectivity index (χ4n) is 1.64. The number of aliphatic imine (C=N–C) groups is 1. The molecule has 0 aliphatic rings. The maximum Gasteiger partial charge on any atom is 0.243 e. The summed E-state index contributed by atoms with van der Waals surface area (Å²) in [5.74, 6) is 0.494. The van der Waals surface area contributed by atoms with Gasteiger partial charge in [0.2, 0.25) is 5.91 Å². The first-order valence-corrected chi connectivity index (χ1v) is 7.13. The van der Waals surface area contributed by atoms with Crippen LogP contribution in [0.2, 0.25) is 0 Å². The van der Waals surface area contributed by atoms with Crippen molar-refractivity contribution in [2.75, 3.05) is 38.7 Å². The molecule has 0 unspecified atom stereocenters. The number of nitrogens with zero attached hydrogens (tertiary/aromatic N) is 1. The number of benzene rings is 1. The zero-order valence-electron chi connectivity index (χ0n) is 13.1. The molecule has 0 bridgehead atoms. The Morgan fingerprint density at radius 3 is 2.59 bits per heavy atom. The maximum atomic E-state index is 11.8. The van der Waals surface area contributed by atoms with Gasteiger partial charge in [0.1, 0.15) is 0 Å². The van der Waals surface area contributed by atoms with Gasteiger partial charge in [-0.25, -0.2) is 0 Å². The summed E-state index contributed by atoms with van der Waals surface area (Å²) in [6, 6.07) is 9.35. The van der Waals surface area contributed by atoms with E-state index in [1.165, 1.54) is 0 Å². The van der Waals surface area contributed by atoms with Gasteiger partial charge in [-0.3, -0.25) is 9.79 Å². The fraction of sp³-hybridized carbons (Fsp3) is 0.467. The number of anilines is 1. The summed E-state index contributed by atoms with van der Waals surface area (Å²) in [5, 5.41) is 8.89. The number of carbonyl (C=O) groups excluding carboxylic acids is 1. The van der Waals surface area contributed by atoms with E-state index in [1.54, 1.807) is 7.05 Å². The predicted octanol–water partition coefficient (Wildman–Crippen LogP) is 1.83. The average molecular weight is 420 g/mol. The molecule has 1 amide bonds. The van der Waals surface area contributed by atoms with E-state index in [4.69, 9.17) is 4.74 Å². The van der Waals surface area contributed by atoms with E-state index in [2.05, 4.69) is 20.9 Å². The Morgan fingerprint density at radius 1 is 1.23 bits per heavy atom. The molecule has 0 aliphatic carbocycles. The third-order valence-corrected chi connectivity index (χ3v) is 2.66. The van der Waals surface area contributed by atoms with Crippen molar-refractivity contribution < 1.29 is 9.53 Å². The van der Waals surface area contributed by atoms with Crippen LogP contribution in [-0.4, -0.2) is 45.2 Å². The molecule has 1 aromatic carbocycles. The number of hydrogen-bond donors (Lipinski definition) is 3. The van der Waals surface area contributed by atoms with Gasteiger partial charge in [-0.05, 0) is 25.5 Å². The van der Waals surface area contributed by atoms with E-state index in [0.29, 0.717) is 5.96 Å². The molecule has 1 rings (SSSR count). The van der Waals surface area contributed by atoms with Gasteiger partial charge >= 0.3 is 0 Å². The second-order valence-corrected chi connectivity index (χ2v) is 4.32. The normalized spacial score (nSPS) is 10.5. The molecule has 0 aromatic heterocycles. The number of halogens is 1. The summed E-state index contributed by atoms with van der Waals surface area (Å²) >= 11 is 0. The van der Waals surface area contributed by atoms with Crippen molar-refractivity contribution in [1.82, 2.24) is 10.6 Å². The van der Waals surface area contributed by atoms with Crippen LogP contribution in [0.25, 0.3) is 0 Å². The first-order valence-electron chi connectivity index (χ1n) is 7.13. The maximum absolute atomic E-state index is 11.8. The number of para-hydroxylation sites is 1. The highest BCUT2D eigenvalue weighted by molar-refractivity contribution is 14.0. The lowest BCUT2D eigenvalue weighted by atomic mass is 10.3. The summed E-state index contributed by atoms with van der Waals surface area (Å²) in [4.78, 5) is 15.8. The van der Waals surface area contributed by atoms with Gasteiger partial charge in [-0.1, -0.05) is 18.2 Å². The average Bonchev–Trinajstić information content (AvgIpc) is 2.51. The molecule has 124 valence electrons. The van der Waals surface area contributed by atoms with E-state index in [-0.39, 0.29) is 36.4 Å². The molecule has 0 saturated heterocycles. The van der Waals surface area contributed by atoms with Crippen LogP contribution in [0, 0.1) is 0 Å². The van der Waals surface area contributed by atoms with Crippen LogP contribution in [0.3, 0.4) is 0 Å². The molecule has 0 atom stereocenters. The topological polar surface area (TPSA) is 74.8 Å². The van der Waals surface area contributed by atoms with E-state index in [9.17, 15) is 4.79 Å². The molecule has 0 radical (unpaired) electrons. The number of nitrogens with one attached hydrogen (secondary N) is 3. The van der Waals surface area contributed by atoms with Crippen molar-refractivity contribution in [3.63, 3.8) is 0 Å². The lowest BCUT2D eigenvalue weighted by Gasteiger charge is -2.12. The molecule has 0 aliphatic heterocycles. The number of hydrogen-bond acceptors (Lipinski definition) is 3. The highest BCUT2D eigenvalue weighted by Crippen LogP contribution is 2.03. The SMILES string of the molecule is CCOCCCNC(=NC)NCC(=O)Nc1ccccc1.I. The summed E-state index contributed by atoms with van der Waals surface area (Å²) in [7, 11) is 1.67. The Bertz CT molecular complexity index is 440. The van der Waals surface area contributed by atoms with Crippen molar-refractivity contribution in [3.05, 3.63) is 30.3 Å². The smallest absolute Gasteiger partial charge is 0.243 e. The molecule has 0 spiro atoms. The van der Waals surface area contributed by atoms with Crippen LogP contribution in [0.4, 0.5) is 5.69 Å². The summed E-state index contributed by atoms with van der Waals surface area (Å²) in [5.41, 5.74) is 0.781. The van der Waals surface area contributed by atoms with Crippen LogP contribution >= 0.6 is 24.0 Å². The molecule has 0 fully saturated rings. The Kier molecular flexibility index (Phi) is 12.5. The quantitative estimate of drug-likeness (QED) is 0.260. The largest absolute Gasteiger partial charge is 0.382 e. The minimum atomic E-state index is -0.113. The van der Waals surface area contributed by atoms with Crippen molar-refractivity contribution in [1.29, 1.82) is 0 Å². The van der Waals surface area contributed by atoms with Crippen LogP contribution in [0.5, 0.6) is 0 Å². The zero-order valence-corrected chi connectivity index (χ0v) is 15.4. The number of ether oxygens (including phenoxy) is 1. The van der Waals surface area contributed by atoms with E-state index >= 15 is 0 Å². The minimum Gasteiger partial charge on any atom is -0.382 e. The van der Waals surface area contributed by atoms with Crippen molar-refractivity contribution in [2.24, 2.45) is 4.99 Å². The number of carbonyl (C=O) groups is 1. The highest BCUT2D eigenvalue weighted by atomic mass is 127. The Morgan fingerprint density at radius 2 is 1.95 bits per heavy atom. The minimum absolute atomic E-state index is 0. The first kappa shape index (κ1) is 20.6. The Labute approximate surface area is 149 Å². The molecule has 0 heterocycles. The predicted molar refractivity (Wildman–Crippen MR) is 101 cm³/mol. The lowest BCUT2D eigenvalue weighted by molar-refractivity contribution is -0.115. The van der Waals surface area contributed by atoms with Crippen LogP contribution < -0.4 is 16.0 Å². The molecule has 3 N–H and O–H groups in total. The third-order valence-electron chi connectivity index (χ3n) is 2.66. The fourth-order valence-corrected chi connectivity index (χ4v) is 1.64. The monoisotopic (exact) mass is 420 g/mol. The third kappa shape index (κ3) is 9.56. The number of amides is 1. The standard InChI is InChI=1S/C15H24N4O2.HI/c1-3-21-11-7-10-17-15(16-2)18-12-14(20)19-13-8-5-4-6-9-13;/h4-6,8-9H,3,7,10-12H2,1-2H3,(H,19,20)(H2,16,17,18);1H. The number of guanidine groups is 1. The van der Waals surface area contributed by atoms with Crippen LogP contribution in [0.15, 0.2) is 35.3 Å². The molecule has 22 heavy (non-hydrogen) atoms. The number of rotatable bonds is 8. The molecule has 0 saturated carbocycles. The van der Waals surface area contributed by atoms with E-state index < -0.39 is 0 Å². The van der Waals surface area contributed by atoms with Gasteiger partial charge in [0.25, 0.3) is 0 Å². The Balaban J connectivity index is 0.00000441. The van der Waals surface area contributed by atoms with Gasteiger partial charge in [0.05, 0.1) is 6.54 Å². The lowest BCUT2D eigenvalue weighted by Crippen LogP contribution is -2.41. The van der Waals surface area contributed by atoms with Crippen molar-refractivity contribution in [3.8, 4) is 0 Å². The van der Waals surface area contributed by atoms with Gasteiger partial charge < -0.3 is 20.7 Å². The van der Waals surface area contributed by atoms with Gasteiger partial charge in [0.15, 0.2) is 5.96 Å². The van der Waals surface area contributed by atoms with Gasteiger partial charge in [-0.2, -0.15) is 0 Å². The molecular weight excluding hydrogens is 395 g/mol. The molecule has 7 heteroatoms. The second-order valence-electron chi connectivity index (χ2n) is 4.32. The summed E-state index contributed by atoms with van der Waals surface area (Å²) < 4.78 is 5.25. The molecular formula is C15H25IN4O2. The first-order chi connectivity index (χ1) is 10.3. The Hall–Kier alpha value is -1.35. The molecule has 1 aromatic rings. The van der Waals surface area contributed by atoms with Crippen molar-refractivity contribution in [2.45, 2.75) is 13.3 Å². The highest BCUT2D eigenvalue weighted by Gasteiger charge is 2.03. The van der Waals surface area contributed by atoms with Crippen molar-refractivity contribution >= 4 is 41.5 Å². The van der Waals surface area contributed by atoms with E-state index in [0.717, 1.165) is 31.9 Å². The van der Waals surface area contributed by atoms with Crippen LogP contribution in [0.1, 0.15) is 13.3 Å². The summed E-state index contributed by atoms with van der Waals surface area (Å²) in [6.45, 7) is 4.33. The van der Waals surface area contributed by atoms with Crippen LogP contribution in [-0.2, 0) is 9.53 Å².